The molecule has 0 heterocycles. The van der Waals surface area contributed by atoms with Crippen molar-refractivity contribution < 1.29 is 9.84 Å². The molecule has 2 nitrogen and oxygen atoms in total. The number of rotatable bonds is 4. The molecule has 0 aliphatic carbocycles. The summed E-state index contributed by atoms with van der Waals surface area (Å²) in [6, 6.07) is 7.39. The van der Waals surface area contributed by atoms with Gasteiger partial charge in [0.05, 0.1) is 5.60 Å². The van der Waals surface area contributed by atoms with E-state index in [0.717, 1.165) is 12.0 Å². The first-order valence-corrected chi connectivity index (χ1v) is 4.96. The van der Waals surface area contributed by atoms with Crippen LogP contribution in [0, 0.1) is 0 Å². The topological polar surface area (TPSA) is 29.5 Å². The molecule has 0 aliphatic rings. The maximum absolute atomic E-state index is 9.59. The fraction of sp³-hybridized carbons (Fsp3) is 0.500. The van der Waals surface area contributed by atoms with Crippen molar-refractivity contribution in [1.82, 2.24) is 0 Å². The van der Waals surface area contributed by atoms with Gasteiger partial charge in [0.2, 0.25) is 0 Å². The van der Waals surface area contributed by atoms with Crippen molar-refractivity contribution in [3.8, 4) is 5.75 Å². The molecule has 0 bridgehead atoms. The Kier molecular flexibility index (Phi) is 3.53. The number of phenolic OH excluding ortho intramolecular Hbond substituents is 1. The second-order valence-electron chi connectivity index (χ2n) is 4.00. The van der Waals surface area contributed by atoms with E-state index >= 15 is 0 Å². The molecule has 0 aliphatic heterocycles. The summed E-state index contributed by atoms with van der Waals surface area (Å²) in [5, 5.41) is 9.59. The van der Waals surface area contributed by atoms with Crippen LogP contribution in [0.15, 0.2) is 24.3 Å². The summed E-state index contributed by atoms with van der Waals surface area (Å²) in [5.41, 5.74) is 0.721. The van der Waals surface area contributed by atoms with Crippen LogP contribution in [-0.4, -0.2) is 17.3 Å². The van der Waals surface area contributed by atoms with Crippen molar-refractivity contribution in [3.05, 3.63) is 29.8 Å². The first-order valence-electron chi connectivity index (χ1n) is 4.96. The summed E-state index contributed by atoms with van der Waals surface area (Å²) < 4.78 is 5.58. The van der Waals surface area contributed by atoms with E-state index in [1.54, 1.807) is 6.07 Å². The predicted molar refractivity (Wildman–Crippen MR) is 57.5 cm³/mol. The molecule has 78 valence electrons. The zero-order valence-electron chi connectivity index (χ0n) is 9.08. The Balaban J connectivity index is 2.73. The fourth-order valence-electron chi connectivity index (χ4n) is 1.56. The molecule has 1 aromatic carbocycles. The Morgan fingerprint density at radius 3 is 2.50 bits per heavy atom. The number of ether oxygens (including phenoxy) is 1. The minimum Gasteiger partial charge on any atom is -0.508 e. The van der Waals surface area contributed by atoms with Gasteiger partial charge in [-0.15, -0.1) is 0 Å². The fourth-order valence-corrected chi connectivity index (χ4v) is 1.56. The lowest BCUT2D eigenvalue weighted by Gasteiger charge is -2.24. The number of hydrogen-bond acceptors (Lipinski definition) is 2. The predicted octanol–water partition coefficient (Wildman–Crippen LogP) is 2.75. The second-order valence-corrected chi connectivity index (χ2v) is 4.00. The van der Waals surface area contributed by atoms with Gasteiger partial charge in [-0.25, -0.2) is 0 Å². The van der Waals surface area contributed by atoms with Crippen LogP contribution in [0.25, 0.3) is 0 Å². The van der Waals surface area contributed by atoms with E-state index in [-0.39, 0.29) is 5.60 Å². The van der Waals surface area contributed by atoms with Gasteiger partial charge in [-0.05, 0) is 32.4 Å². The van der Waals surface area contributed by atoms with Crippen molar-refractivity contribution >= 4 is 0 Å². The van der Waals surface area contributed by atoms with Crippen LogP contribution in [0.5, 0.6) is 5.75 Å². The normalized spacial score (nSPS) is 11.6. The molecule has 2 heteroatoms. The standard InChI is InChI=1S/C12H18O2/c1-4-14-12(2,3)9-10-7-5-6-8-11(10)13/h5-8,13H,4,9H2,1-3H3. The Morgan fingerprint density at radius 1 is 1.29 bits per heavy atom. The van der Waals surface area contributed by atoms with E-state index in [4.69, 9.17) is 4.74 Å². The number of hydrogen-bond donors (Lipinski definition) is 1. The summed E-state index contributed by atoms with van der Waals surface area (Å²) in [4.78, 5) is 0. The third kappa shape index (κ3) is 3.04. The monoisotopic (exact) mass is 194 g/mol. The van der Waals surface area contributed by atoms with E-state index in [0.29, 0.717) is 12.4 Å². The van der Waals surface area contributed by atoms with Crippen molar-refractivity contribution in [2.24, 2.45) is 0 Å². The maximum Gasteiger partial charge on any atom is 0.118 e. The van der Waals surface area contributed by atoms with Crippen LogP contribution in [0.3, 0.4) is 0 Å². The summed E-state index contributed by atoms with van der Waals surface area (Å²) in [6.07, 6.45) is 0.730. The van der Waals surface area contributed by atoms with Gasteiger partial charge in [0, 0.05) is 13.0 Å². The molecule has 0 radical (unpaired) electrons. The molecule has 0 atom stereocenters. The average molecular weight is 194 g/mol. The quantitative estimate of drug-likeness (QED) is 0.798. The minimum absolute atomic E-state index is 0.215. The van der Waals surface area contributed by atoms with E-state index in [2.05, 4.69) is 0 Å². The highest BCUT2D eigenvalue weighted by Gasteiger charge is 2.19. The number of para-hydroxylation sites is 1. The maximum atomic E-state index is 9.59. The van der Waals surface area contributed by atoms with Gasteiger partial charge in [-0.2, -0.15) is 0 Å². The van der Waals surface area contributed by atoms with Gasteiger partial charge in [-0.3, -0.25) is 0 Å². The Labute approximate surface area is 85.5 Å². The van der Waals surface area contributed by atoms with Crippen LogP contribution in [0.4, 0.5) is 0 Å². The smallest absolute Gasteiger partial charge is 0.118 e. The van der Waals surface area contributed by atoms with Crippen LogP contribution < -0.4 is 0 Å². The van der Waals surface area contributed by atoms with Crippen molar-refractivity contribution in [2.75, 3.05) is 6.61 Å². The molecule has 0 saturated carbocycles. The van der Waals surface area contributed by atoms with Crippen LogP contribution >= 0.6 is 0 Å². The van der Waals surface area contributed by atoms with E-state index in [1.165, 1.54) is 0 Å². The summed E-state index contributed by atoms with van der Waals surface area (Å²) in [6.45, 7) is 6.74. The Bertz CT molecular complexity index is 292. The molecule has 1 rings (SSSR count). The van der Waals surface area contributed by atoms with Gasteiger partial charge in [0.25, 0.3) is 0 Å². The molecule has 1 N–H and O–H groups in total. The first kappa shape index (κ1) is 11.1. The summed E-state index contributed by atoms with van der Waals surface area (Å²) in [7, 11) is 0. The Morgan fingerprint density at radius 2 is 1.93 bits per heavy atom. The van der Waals surface area contributed by atoms with E-state index in [1.807, 2.05) is 39.0 Å². The zero-order chi connectivity index (χ0) is 10.6. The lowest BCUT2D eigenvalue weighted by molar-refractivity contribution is -0.00968. The molecule has 1 aromatic rings. The van der Waals surface area contributed by atoms with Crippen molar-refractivity contribution in [1.29, 1.82) is 0 Å². The minimum atomic E-state index is -0.215. The molecule has 14 heavy (non-hydrogen) atoms. The SMILES string of the molecule is CCOC(C)(C)Cc1ccccc1O. The van der Waals surface area contributed by atoms with E-state index < -0.39 is 0 Å². The molecule has 0 fully saturated rings. The highest BCUT2D eigenvalue weighted by atomic mass is 16.5. The first-order chi connectivity index (χ1) is 6.55. The lowest BCUT2D eigenvalue weighted by Crippen LogP contribution is -2.27. The molecule has 0 spiro atoms. The van der Waals surface area contributed by atoms with Gasteiger partial charge >= 0.3 is 0 Å². The Hall–Kier alpha value is -1.02. The molecular formula is C12H18O2. The van der Waals surface area contributed by atoms with Crippen molar-refractivity contribution in [3.63, 3.8) is 0 Å². The largest absolute Gasteiger partial charge is 0.508 e. The molecule has 0 saturated heterocycles. The lowest BCUT2D eigenvalue weighted by atomic mass is 9.98. The van der Waals surface area contributed by atoms with Crippen LogP contribution in [0.1, 0.15) is 26.3 Å². The van der Waals surface area contributed by atoms with Crippen LogP contribution in [0.2, 0.25) is 0 Å². The number of phenols is 1. The van der Waals surface area contributed by atoms with Gasteiger partial charge < -0.3 is 9.84 Å². The third-order valence-corrected chi connectivity index (χ3v) is 2.14. The van der Waals surface area contributed by atoms with Crippen LogP contribution in [-0.2, 0) is 11.2 Å². The highest BCUT2D eigenvalue weighted by molar-refractivity contribution is 5.32. The number of benzene rings is 1. The van der Waals surface area contributed by atoms with Gasteiger partial charge in [-0.1, -0.05) is 18.2 Å². The van der Waals surface area contributed by atoms with Gasteiger partial charge in [0.1, 0.15) is 5.75 Å². The van der Waals surface area contributed by atoms with E-state index in [9.17, 15) is 5.11 Å². The second kappa shape index (κ2) is 4.47. The highest BCUT2D eigenvalue weighted by Crippen LogP contribution is 2.23. The van der Waals surface area contributed by atoms with Crippen molar-refractivity contribution in [2.45, 2.75) is 32.8 Å². The van der Waals surface area contributed by atoms with Gasteiger partial charge in [0.15, 0.2) is 0 Å². The molecular weight excluding hydrogens is 176 g/mol. The summed E-state index contributed by atoms with van der Waals surface area (Å²) in [5.74, 6) is 0.347. The molecule has 0 amide bonds. The zero-order valence-corrected chi connectivity index (χ0v) is 9.08. The number of aromatic hydroxyl groups is 1. The summed E-state index contributed by atoms with van der Waals surface area (Å²) >= 11 is 0. The third-order valence-electron chi connectivity index (χ3n) is 2.14. The molecule has 0 aromatic heterocycles. The average Bonchev–Trinajstić information content (AvgIpc) is 2.08. The molecule has 0 unspecified atom stereocenters.